The summed E-state index contributed by atoms with van der Waals surface area (Å²) in [5.41, 5.74) is 2.30. The molecule has 1 aliphatic rings. The second kappa shape index (κ2) is 6.13. The Hall–Kier alpha value is -2.08. The van der Waals surface area contributed by atoms with Gasteiger partial charge in [0.15, 0.2) is 6.10 Å². The summed E-state index contributed by atoms with van der Waals surface area (Å²) in [5, 5.41) is 8.99. The van der Waals surface area contributed by atoms with Gasteiger partial charge in [-0.2, -0.15) is 0 Å². The molecule has 0 radical (unpaired) electrons. The highest BCUT2D eigenvalue weighted by Crippen LogP contribution is 2.25. The third-order valence-corrected chi connectivity index (χ3v) is 3.54. The van der Waals surface area contributed by atoms with Crippen LogP contribution in [0.4, 0.5) is 0 Å². The van der Waals surface area contributed by atoms with Crippen molar-refractivity contribution in [3.05, 3.63) is 28.8 Å². The van der Waals surface area contributed by atoms with E-state index in [2.05, 4.69) is 0 Å². The summed E-state index contributed by atoms with van der Waals surface area (Å²) >= 11 is 0. The number of ether oxygens (including phenoxy) is 2. The molecule has 1 saturated heterocycles. The van der Waals surface area contributed by atoms with Gasteiger partial charge in [0.1, 0.15) is 5.75 Å². The van der Waals surface area contributed by atoms with Crippen molar-refractivity contribution in [2.75, 3.05) is 26.8 Å². The molecule has 0 unspecified atom stereocenters. The molecule has 0 aliphatic carbocycles. The third kappa shape index (κ3) is 3.16. The number of morpholine rings is 1. The number of benzene rings is 1. The molecule has 1 atom stereocenters. The minimum Gasteiger partial charge on any atom is -0.496 e. The van der Waals surface area contributed by atoms with Crippen LogP contribution < -0.4 is 4.74 Å². The fourth-order valence-corrected chi connectivity index (χ4v) is 2.56. The van der Waals surface area contributed by atoms with Crippen molar-refractivity contribution in [3.8, 4) is 5.75 Å². The number of carboxylic acid groups (broad SMARTS) is 1. The lowest BCUT2D eigenvalue weighted by molar-refractivity contribution is -0.154. The second-order valence-corrected chi connectivity index (χ2v) is 5.09. The average molecular weight is 293 g/mol. The largest absolute Gasteiger partial charge is 0.496 e. The van der Waals surface area contributed by atoms with Crippen molar-refractivity contribution in [1.29, 1.82) is 0 Å². The van der Waals surface area contributed by atoms with Crippen LogP contribution in [0.2, 0.25) is 0 Å². The van der Waals surface area contributed by atoms with Gasteiger partial charge in [-0.15, -0.1) is 0 Å². The van der Waals surface area contributed by atoms with Gasteiger partial charge in [-0.1, -0.05) is 0 Å². The fraction of sp³-hybridized carbons (Fsp3) is 0.467. The molecule has 2 rings (SSSR count). The summed E-state index contributed by atoms with van der Waals surface area (Å²) in [4.78, 5) is 25.0. The number of nitrogens with zero attached hydrogens (tertiary/aromatic N) is 1. The summed E-state index contributed by atoms with van der Waals surface area (Å²) in [7, 11) is 1.59. The molecule has 114 valence electrons. The Bertz CT molecular complexity index is 546. The summed E-state index contributed by atoms with van der Waals surface area (Å²) in [6.07, 6.45) is -0.955. The van der Waals surface area contributed by atoms with Crippen molar-refractivity contribution in [3.63, 3.8) is 0 Å². The number of hydrogen-bond acceptors (Lipinski definition) is 4. The normalized spacial score (nSPS) is 18.4. The van der Waals surface area contributed by atoms with Crippen LogP contribution in [-0.2, 0) is 9.53 Å². The van der Waals surface area contributed by atoms with E-state index in [1.807, 2.05) is 13.8 Å². The Balaban J connectivity index is 2.22. The molecule has 1 heterocycles. The Morgan fingerprint density at radius 3 is 2.48 bits per heavy atom. The first kappa shape index (κ1) is 15.3. The second-order valence-electron chi connectivity index (χ2n) is 5.09. The monoisotopic (exact) mass is 293 g/mol. The number of carboxylic acids is 1. The van der Waals surface area contributed by atoms with Gasteiger partial charge in [0.05, 0.1) is 20.3 Å². The fourth-order valence-electron chi connectivity index (χ4n) is 2.56. The Morgan fingerprint density at radius 2 is 1.95 bits per heavy atom. The van der Waals surface area contributed by atoms with Gasteiger partial charge in [0, 0.05) is 12.1 Å². The number of rotatable bonds is 3. The number of hydrogen-bond donors (Lipinski definition) is 1. The standard InChI is InChI=1S/C15H19NO5/c1-9-6-11(7-10(2)13(9)20-3)14(17)16-4-5-21-12(8-16)15(18)19/h6-7,12H,4-5,8H2,1-3H3,(H,18,19)/t12-/m1/s1. The molecule has 1 N–H and O–H groups in total. The lowest BCUT2D eigenvalue weighted by atomic mass is 10.0. The number of aryl methyl sites for hydroxylation is 2. The van der Waals surface area contributed by atoms with Gasteiger partial charge in [-0.25, -0.2) is 4.79 Å². The van der Waals surface area contributed by atoms with Crippen molar-refractivity contribution in [1.82, 2.24) is 4.90 Å². The smallest absolute Gasteiger partial charge is 0.334 e. The lowest BCUT2D eigenvalue weighted by Crippen LogP contribution is -2.48. The molecule has 6 nitrogen and oxygen atoms in total. The van der Waals surface area contributed by atoms with E-state index in [1.165, 1.54) is 4.90 Å². The Morgan fingerprint density at radius 1 is 1.33 bits per heavy atom. The summed E-state index contributed by atoms with van der Waals surface area (Å²) < 4.78 is 10.4. The number of carbonyl (C=O) groups is 2. The minimum atomic E-state index is -1.05. The van der Waals surface area contributed by atoms with E-state index in [0.29, 0.717) is 12.1 Å². The molecule has 0 spiro atoms. The van der Waals surface area contributed by atoms with Gasteiger partial charge in [0.25, 0.3) is 5.91 Å². The molecule has 0 saturated carbocycles. The van der Waals surface area contributed by atoms with Crippen LogP contribution >= 0.6 is 0 Å². The third-order valence-electron chi connectivity index (χ3n) is 3.54. The van der Waals surface area contributed by atoms with Crippen molar-refractivity contribution in [2.24, 2.45) is 0 Å². The highest BCUT2D eigenvalue weighted by Gasteiger charge is 2.29. The van der Waals surface area contributed by atoms with Crippen molar-refractivity contribution >= 4 is 11.9 Å². The van der Waals surface area contributed by atoms with Gasteiger partial charge >= 0.3 is 5.97 Å². The number of aliphatic carboxylic acids is 1. The molecular weight excluding hydrogens is 274 g/mol. The van der Waals surface area contributed by atoms with Crippen LogP contribution in [0.15, 0.2) is 12.1 Å². The van der Waals surface area contributed by atoms with Crippen LogP contribution in [0.3, 0.4) is 0 Å². The summed E-state index contributed by atoms with van der Waals surface area (Å²) in [6.45, 7) is 4.45. The maximum absolute atomic E-state index is 12.5. The quantitative estimate of drug-likeness (QED) is 0.907. The van der Waals surface area contributed by atoms with E-state index in [4.69, 9.17) is 14.6 Å². The zero-order chi connectivity index (χ0) is 15.6. The van der Waals surface area contributed by atoms with Crippen LogP contribution in [0.25, 0.3) is 0 Å². The molecule has 1 fully saturated rings. The van der Waals surface area contributed by atoms with Crippen molar-refractivity contribution in [2.45, 2.75) is 20.0 Å². The van der Waals surface area contributed by atoms with Gasteiger partial charge in [0.2, 0.25) is 0 Å². The molecule has 1 amide bonds. The Labute approximate surface area is 123 Å². The highest BCUT2D eigenvalue weighted by molar-refractivity contribution is 5.95. The number of carbonyl (C=O) groups excluding carboxylic acids is 1. The van der Waals surface area contributed by atoms with Gasteiger partial charge in [-0.05, 0) is 37.1 Å². The topological polar surface area (TPSA) is 76.1 Å². The van der Waals surface area contributed by atoms with E-state index < -0.39 is 12.1 Å². The van der Waals surface area contributed by atoms with E-state index in [9.17, 15) is 9.59 Å². The summed E-state index contributed by atoms with van der Waals surface area (Å²) in [5.74, 6) is -0.468. The first-order valence-electron chi connectivity index (χ1n) is 6.73. The first-order chi connectivity index (χ1) is 9.93. The van der Waals surface area contributed by atoms with E-state index >= 15 is 0 Å². The van der Waals surface area contributed by atoms with E-state index in [1.54, 1.807) is 19.2 Å². The molecule has 6 heteroatoms. The van der Waals surface area contributed by atoms with Crippen molar-refractivity contribution < 1.29 is 24.2 Å². The molecule has 0 aromatic heterocycles. The highest BCUT2D eigenvalue weighted by atomic mass is 16.5. The SMILES string of the molecule is COc1c(C)cc(C(=O)N2CCO[C@@H](C(=O)O)C2)cc1C. The zero-order valence-corrected chi connectivity index (χ0v) is 12.4. The van der Waals surface area contributed by atoms with Crippen LogP contribution in [0.5, 0.6) is 5.75 Å². The maximum atomic E-state index is 12.5. The maximum Gasteiger partial charge on any atom is 0.334 e. The molecule has 1 aromatic rings. The van der Waals surface area contributed by atoms with E-state index in [-0.39, 0.29) is 19.1 Å². The number of methoxy groups -OCH3 is 1. The first-order valence-corrected chi connectivity index (χ1v) is 6.73. The summed E-state index contributed by atoms with van der Waals surface area (Å²) in [6, 6.07) is 3.53. The van der Waals surface area contributed by atoms with Crippen LogP contribution in [0.1, 0.15) is 21.5 Å². The predicted molar refractivity (Wildman–Crippen MR) is 75.7 cm³/mol. The number of amides is 1. The molecule has 1 aliphatic heterocycles. The minimum absolute atomic E-state index is 0.0677. The molecule has 21 heavy (non-hydrogen) atoms. The molecule has 1 aromatic carbocycles. The lowest BCUT2D eigenvalue weighted by Gasteiger charge is -2.31. The van der Waals surface area contributed by atoms with E-state index in [0.717, 1.165) is 16.9 Å². The van der Waals surface area contributed by atoms with Gasteiger partial charge in [-0.3, -0.25) is 4.79 Å². The zero-order valence-electron chi connectivity index (χ0n) is 12.4. The molecular formula is C15H19NO5. The van der Waals surface area contributed by atoms with Crippen LogP contribution in [-0.4, -0.2) is 54.8 Å². The molecule has 0 bridgehead atoms. The van der Waals surface area contributed by atoms with Gasteiger partial charge < -0.3 is 19.5 Å². The predicted octanol–water partition coefficient (Wildman–Crippen LogP) is 1.24. The van der Waals surface area contributed by atoms with Crippen LogP contribution in [0, 0.1) is 13.8 Å². The average Bonchev–Trinajstić information content (AvgIpc) is 2.46. The Kier molecular flexibility index (Phi) is 4.47.